The molecule has 5 rings (SSSR count). The number of nitrogens with zero attached hydrogens (tertiary/aromatic N) is 1. The van der Waals surface area contributed by atoms with Gasteiger partial charge in [-0.05, 0) is 72.2 Å². The van der Waals surface area contributed by atoms with Crippen LogP contribution in [0, 0.1) is 18.6 Å². The van der Waals surface area contributed by atoms with Gasteiger partial charge >= 0.3 is 5.97 Å². The number of carboxylic acid groups (broad SMARTS) is 1. The van der Waals surface area contributed by atoms with Crippen molar-refractivity contribution in [3.05, 3.63) is 101 Å². The van der Waals surface area contributed by atoms with Crippen molar-refractivity contribution in [2.24, 2.45) is 0 Å². The molecule has 0 aliphatic carbocycles. The molecular formula is C31H29F2NO3. The van der Waals surface area contributed by atoms with Crippen LogP contribution in [-0.4, -0.2) is 23.7 Å². The quantitative estimate of drug-likeness (QED) is 0.279. The van der Waals surface area contributed by atoms with E-state index in [0.29, 0.717) is 23.6 Å². The summed E-state index contributed by atoms with van der Waals surface area (Å²) in [6.07, 6.45) is 2.03. The zero-order valence-corrected chi connectivity index (χ0v) is 20.9. The van der Waals surface area contributed by atoms with Crippen molar-refractivity contribution in [2.45, 2.75) is 45.1 Å². The third-order valence-electron chi connectivity index (χ3n) is 7.26. The van der Waals surface area contributed by atoms with Gasteiger partial charge in [0.15, 0.2) is 17.4 Å². The third-order valence-corrected chi connectivity index (χ3v) is 7.26. The highest BCUT2D eigenvalue weighted by atomic mass is 19.1. The van der Waals surface area contributed by atoms with Crippen LogP contribution in [0.4, 0.5) is 20.2 Å². The summed E-state index contributed by atoms with van der Waals surface area (Å²) >= 11 is 0. The molecule has 190 valence electrons. The Bertz CT molecular complexity index is 1460. The van der Waals surface area contributed by atoms with Gasteiger partial charge in [-0.1, -0.05) is 61.5 Å². The highest BCUT2D eigenvalue weighted by Crippen LogP contribution is 2.42. The van der Waals surface area contributed by atoms with Gasteiger partial charge in [-0.15, -0.1) is 0 Å². The summed E-state index contributed by atoms with van der Waals surface area (Å²) in [5, 5.41) is 12.0. The fourth-order valence-corrected chi connectivity index (χ4v) is 5.33. The van der Waals surface area contributed by atoms with Gasteiger partial charge in [0.25, 0.3) is 0 Å². The maximum absolute atomic E-state index is 15.4. The van der Waals surface area contributed by atoms with Crippen LogP contribution in [-0.2, 0) is 0 Å². The number of hydrogen-bond donors (Lipinski definition) is 1. The van der Waals surface area contributed by atoms with Crippen molar-refractivity contribution in [1.29, 1.82) is 0 Å². The molecule has 0 aromatic heterocycles. The molecule has 0 amide bonds. The Morgan fingerprint density at radius 2 is 1.78 bits per heavy atom. The maximum atomic E-state index is 15.4. The zero-order chi connectivity index (χ0) is 26.1. The monoisotopic (exact) mass is 501 g/mol. The molecule has 4 aromatic rings. The molecule has 4 aromatic carbocycles. The van der Waals surface area contributed by atoms with Crippen LogP contribution in [0.5, 0.6) is 5.75 Å². The second kappa shape index (κ2) is 10.2. The molecule has 37 heavy (non-hydrogen) atoms. The van der Waals surface area contributed by atoms with Crippen molar-refractivity contribution in [3.63, 3.8) is 0 Å². The number of anilines is 2. The number of fused-ring (bicyclic) bond motifs is 2. The molecule has 2 atom stereocenters. The number of halogens is 2. The fraction of sp³-hybridized carbons (Fsp3) is 0.258. The number of rotatable bonds is 7. The lowest BCUT2D eigenvalue weighted by molar-refractivity contribution is 0.0691. The summed E-state index contributed by atoms with van der Waals surface area (Å²) in [5.41, 5.74) is 1.75. The first-order valence-electron chi connectivity index (χ1n) is 12.6. The van der Waals surface area contributed by atoms with Crippen LogP contribution < -0.4 is 9.64 Å². The summed E-state index contributed by atoms with van der Waals surface area (Å²) < 4.78 is 36.3. The Labute approximate surface area is 215 Å². The number of para-hydroxylation sites is 1. The van der Waals surface area contributed by atoms with Gasteiger partial charge in [0.2, 0.25) is 0 Å². The first-order chi connectivity index (χ1) is 17.8. The van der Waals surface area contributed by atoms with Gasteiger partial charge in [-0.3, -0.25) is 0 Å². The number of aromatic carboxylic acids is 1. The SMILES string of the molecule is Cc1ccc(N2CC(CCC[C@H](C)c3cccc4ccccc34)Oc3c(F)cccc32)c(F)c1C(=O)O. The summed E-state index contributed by atoms with van der Waals surface area (Å²) in [5.74, 6) is -2.29. The number of aryl methyl sites for hydroxylation is 1. The summed E-state index contributed by atoms with van der Waals surface area (Å²) in [6, 6.07) is 22.4. The molecule has 1 unspecified atom stereocenters. The Morgan fingerprint density at radius 1 is 1.03 bits per heavy atom. The average Bonchev–Trinajstić information content (AvgIpc) is 2.88. The number of carboxylic acids is 1. The van der Waals surface area contributed by atoms with Gasteiger partial charge < -0.3 is 14.7 Å². The van der Waals surface area contributed by atoms with Crippen molar-refractivity contribution < 1.29 is 23.4 Å². The van der Waals surface area contributed by atoms with Crippen LogP contribution in [0.1, 0.15) is 53.6 Å². The van der Waals surface area contributed by atoms with E-state index in [0.717, 1.165) is 12.8 Å². The van der Waals surface area contributed by atoms with E-state index >= 15 is 4.39 Å². The minimum Gasteiger partial charge on any atom is -0.483 e. The average molecular weight is 502 g/mol. The number of benzene rings is 4. The van der Waals surface area contributed by atoms with Crippen LogP contribution in [0.3, 0.4) is 0 Å². The van der Waals surface area contributed by atoms with Gasteiger partial charge in [-0.2, -0.15) is 0 Å². The Balaban J connectivity index is 1.37. The molecule has 0 bridgehead atoms. The second-order valence-corrected chi connectivity index (χ2v) is 9.73. The van der Waals surface area contributed by atoms with Crippen molar-refractivity contribution in [3.8, 4) is 5.75 Å². The molecule has 0 radical (unpaired) electrons. The Kier molecular flexibility index (Phi) is 6.83. The van der Waals surface area contributed by atoms with Crippen molar-refractivity contribution in [2.75, 3.05) is 11.4 Å². The first kappa shape index (κ1) is 24.8. The lowest BCUT2D eigenvalue weighted by Gasteiger charge is -2.37. The van der Waals surface area contributed by atoms with E-state index in [1.807, 2.05) is 6.07 Å². The molecule has 0 spiro atoms. The summed E-state index contributed by atoms with van der Waals surface area (Å²) in [6.45, 7) is 4.06. The van der Waals surface area contributed by atoms with Gasteiger partial charge in [0.05, 0.1) is 17.9 Å². The first-order valence-corrected chi connectivity index (χ1v) is 12.6. The minimum atomic E-state index is -1.33. The number of carbonyl (C=O) groups is 1. The predicted molar refractivity (Wildman–Crippen MR) is 142 cm³/mol. The standard InChI is InChI=1S/C31H29F2NO3/c1-19(23-13-6-10-21-9-3-4-12-24(21)23)8-5-11-22-18-34(27-15-7-14-25(32)30(27)37-22)26-17-16-20(2)28(29(26)33)31(35)36/h3-4,6-7,9-10,12-17,19,22H,5,8,11,18H2,1-2H3,(H,35,36)/t19-,22?/m0/s1. The molecule has 1 N–H and O–H groups in total. The molecular weight excluding hydrogens is 472 g/mol. The normalized spacial score (nSPS) is 15.8. The number of hydrogen-bond acceptors (Lipinski definition) is 3. The molecule has 1 aliphatic rings. The lowest BCUT2D eigenvalue weighted by atomic mass is 9.90. The second-order valence-electron chi connectivity index (χ2n) is 9.73. The maximum Gasteiger partial charge on any atom is 0.339 e. The highest BCUT2D eigenvalue weighted by Gasteiger charge is 2.32. The summed E-state index contributed by atoms with van der Waals surface area (Å²) in [7, 11) is 0. The largest absolute Gasteiger partial charge is 0.483 e. The molecule has 1 aliphatic heterocycles. The summed E-state index contributed by atoms with van der Waals surface area (Å²) in [4.78, 5) is 13.3. The smallest absolute Gasteiger partial charge is 0.339 e. The number of ether oxygens (including phenoxy) is 1. The Hall–Kier alpha value is -3.93. The molecule has 0 saturated carbocycles. The van der Waals surface area contributed by atoms with E-state index in [1.165, 1.54) is 22.4 Å². The Morgan fingerprint density at radius 3 is 2.59 bits per heavy atom. The van der Waals surface area contributed by atoms with Crippen LogP contribution in [0.2, 0.25) is 0 Å². The van der Waals surface area contributed by atoms with Gasteiger partial charge in [0.1, 0.15) is 11.7 Å². The zero-order valence-electron chi connectivity index (χ0n) is 20.9. The van der Waals surface area contributed by atoms with Crippen LogP contribution >= 0.6 is 0 Å². The molecule has 0 saturated heterocycles. The van der Waals surface area contributed by atoms with E-state index < -0.39 is 17.6 Å². The van der Waals surface area contributed by atoms with Crippen molar-refractivity contribution in [1.82, 2.24) is 0 Å². The molecule has 4 nitrogen and oxygen atoms in total. The van der Waals surface area contributed by atoms with Crippen LogP contribution in [0.15, 0.2) is 72.8 Å². The molecule has 0 fully saturated rings. The fourth-order valence-electron chi connectivity index (χ4n) is 5.33. The van der Waals surface area contributed by atoms with Crippen molar-refractivity contribution >= 4 is 28.1 Å². The van der Waals surface area contributed by atoms with E-state index in [2.05, 4.69) is 43.3 Å². The predicted octanol–water partition coefficient (Wildman–Crippen LogP) is 8.00. The molecule has 1 heterocycles. The minimum absolute atomic E-state index is 0.0673. The van der Waals surface area contributed by atoms with E-state index in [9.17, 15) is 14.3 Å². The van der Waals surface area contributed by atoms with Crippen LogP contribution in [0.25, 0.3) is 10.8 Å². The lowest BCUT2D eigenvalue weighted by Crippen LogP contribution is -2.38. The third kappa shape index (κ3) is 4.76. The van der Waals surface area contributed by atoms with Gasteiger partial charge in [-0.25, -0.2) is 13.6 Å². The van der Waals surface area contributed by atoms with E-state index in [-0.39, 0.29) is 29.6 Å². The topological polar surface area (TPSA) is 49.8 Å². The highest BCUT2D eigenvalue weighted by molar-refractivity contribution is 5.92. The van der Waals surface area contributed by atoms with Gasteiger partial charge in [0, 0.05) is 0 Å². The molecule has 6 heteroatoms. The van der Waals surface area contributed by atoms with E-state index in [4.69, 9.17) is 4.74 Å². The van der Waals surface area contributed by atoms with E-state index in [1.54, 1.807) is 36.1 Å².